The van der Waals surface area contributed by atoms with Gasteiger partial charge in [0.05, 0.1) is 12.3 Å². The molecule has 9 nitrogen and oxygen atoms in total. The van der Waals surface area contributed by atoms with Gasteiger partial charge in [0.1, 0.15) is 11.6 Å². The largest absolute Gasteiger partial charge is 0.491 e. The quantitative estimate of drug-likeness (QED) is 0.630. The highest BCUT2D eigenvalue weighted by Gasteiger charge is 2.31. The van der Waals surface area contributed by atoms with E-state index in [0.29, 0.717) is 18.1 Å². The van der Waals surface area contributed by atoms with Crippen LogP contribution >= 0.6 is 0 Å². The number of nitrogens with one attached hydrogen (secondary N) is 1. The molecule has 1 fully saturated rings. The smallest absolute Gasteiger partial charge is 0.271 e. The second kappa shape index (κ2) is 10.5. The van der Waals surface area contributed by atoms with Crippen molar-refractivity contribution in [3.05, 3.63) is 36.2 Å². The number of carbonyl (C=O) groups excluding carboxylic acids is 2. The molecule has 9 heteroatoms. The van der Waals surface area contributed by atoms with E-state index in [2.05, 4.69) is 22.1 Å². The third-order valence-electron chi connectivity index (χ3n) is 5.86. The van der Waals surface area contributed by atoms with E-state index in [4.69, 9.17) is 15.5 Å². The molecule has 0 spiro atoms. The van der Waals surface area contributed by atoms with E-state index in [-0.39, 0.29) is 29.7 Å². The summed E-state index contributed by atoms with van der Waals surface area (Å²) in [5.74, 6) is 1.39. The van der Waals surface area contributed by atoms with Gasteiger partial charge in [0.25, 0.3) is 5.91 Å². The van der Waals surface area contributed by atoms with Crippen molar-refractivity contribution in [3.63, 3.8) is 0 Å². The highest BCUT2D eigenvalue weighted by Crippen LogP contribution is 2.31. The number of nitrogens with two attached hydrogens (primary N) is 1. The Morgan fingerprint density at radius 2 is 1.97 bits per heavy atom. The Balaban J connectivity index is 1.83. The van der Waals surface area contributed by atoms with Gasteiger partial charge in [-0.3, -0.25) is 9.59 Å². The predicted molar refractivity (Wildman–Crippen MR) is 129 cm³/mol. The molecule has 3 rings (SSSR count). The molecular formula is C24H34N6O3. The Kier molecular flexibility index (Phi) is 7.73. The summed E-state index contributed by atoms with van der Waals surface area (Å²) in [7, 11) is 3.56. The number of hydrogen-bond acceptors (Lipinski definition) is 7. The summed E-state index contributed by atoms with van der Waals surface area (Å²) in [5, 5.41) is 3.17. The van der Waals surface area contributed by atoms with Crippen LogP contribution in [-0.2, 0) is 4.79 Å². The number of ether oxygens (including phenoxy) is 1. The molecule has 1 saturated heterocycles. The van der Waals surface area contributed by atoms with Gasteiger partial charge in [0, 0.05) is 38.8 Å². The van der Waals surface area contributed by atoms with Crippen LogP contribution in [0.4, 0.5) is 17.3 Å². The Morgan fingerprint density at radius 3 is 2.58 bits per heavy atom. The number of anilines is 3. The molecule has 33 heavy (non-hydrogen) atoms. The average molecular weight is 455 g/mol. The topological polar surface area (TPSA) is 114 Å². The van der Waals surface area contributed by atoms with Crippen LogP contribution in [0.15, 0.2) is 30.5 Å². The zero-order valence-electron chi connectivity index (χ0n) is 20.0. The number of amides is 2. The van der Waals surface area contributed by atoms with Gasteiger partial charge in [-0.2, -0.15) is 0 Å². The lowest BCUT2D eigenvalue weighted by Crippen LogP contribution is -2.45. The number of nitrogens with zero attached hydrogens (tertiary/aromatic N) is 4. The first-order chi connectivity index (χ1) is 15.7. The molecule has 178 valence electrons. The fraction of sp³-hybridized carbons (Fsp3) is 0.500. The maximum Gasteiger partial charge on any atom is 0.271 e. The molecule has 1 aromatic carbocycles. The SMILES string of the molecule is CC(C)Oc1ccc(Nc2nc(N3CCC[C@@H](CC(=O)N(C)C)[C@H]3C)cnc2C(N)=O)cc1. The summed E-state index contributed by atoms with van der Waals surface area (Å²) in [4.78, 5) is 37.1. The molecule has 1 aliphatic heterocycles. The van der Waals surface area contributed by atoms with Crippen molar-refractivity contribution in [1.29, 1.82) is 0 Å². The Morgan fingerprint density at radius 1 is 1.27 bits per heavy atom. The van der Waals surface area contributed by atoms with Gasteiger partial charge in [0.2, 0.25) is 5.91 Å². The zero-order chi connectivity index (χ0) is 24.1. The number of aromatic nitrogens is 2. The van der Waals surface area contributed by atoms with Crippen molar-refractivity contribution in [2.75, 3.05) is 30.9 Å². The van der Waals surface area contributed by atoms with E-state index >= 15 is 0 Å². The van der Waals surface area contributed by atoms with E-state index < -0.39 is 5.91 Å². The van der Waals surface area contributed by atoms with Crippen LogP contribution in [0.2, 0.25) is 0 Å². The van der Waals surface area contributed by atoms with Crippen molar-refractivity contribution in [2.45, 2.75) is 52.2 Å². The number of piperidine rings is 1. The zero-order valence-corrected chi connectivity index (χ0v) is 20.0. The van der Waals surface area contributed by atoms with E-state index in [1.54, 1.807) is 25.2 Å². The lowest BCUT2D eigenvalue weighted by Gasteiger charge is -2.40. The molecule has 0 unspecified atom stereocenters. The summed E-state index contributed by atoms with van der Waals surface area (Å²) in [6.07, 6.45) is 4.09. The Bertz CT molecular complexity index is 977. The van der Waals surface area contributed by atoms with Gasteiger partial charge >= 0.3 is 0 Å². The molecule has 2 aromatic rings. The summed E-state index contributed by atoms with van der Waals surface area (Å²) < 4.78 is 5.68. The van der Waals surface area contributed by atoms with Gasteiger partial charge in [-0.25, -0.2) is 9.97 Å². The van der Waals surface area contributed by atoms with E-state index in [0.717, 1.165) is 30.8 Å². The summed E-state index contributed by atoms with van der Waals surface area (Å²) in [5.41, 5.74) is 6.36. The minimum atomic E-state index is -0.655. The lowest BCUT2D eigenvalue weighted by molar-refractivity contribution is -0.130. The normalized spacial score (nSPS) is 18.2. The predicted octanol–water partition coefficient (Wildman–Crippen LogP) is 3.19. The maximum absolute atomic E-state index is 12.3. The van der Waals surface area contributed by atoms with Gasteiger partial charge in [0.15, 0.2) is 11.5 Å². The van der Waals surface area contributed by atoms with Crippen molar-refractivity contribution in [3.8, 4) is 5.75 Å². The molecule has 0 aliphatic carbocycles. The molecule has 1 aromatic heterocycles. The molecule has 2 heterocycles. The average Bonchev–Trinajstić information content (AvgIpc) is 2.76. The second-order valence-electron chi connectivity index (χ2n) is 8.93. The summed E-state index contributed by atoms with van der Waals surface area (Å²) >= 11 is 0. The monoisotopic (exact) mass is 454 g/mol. The van der Waals surface area contributed by atoms with Crippen LogP contribution in [0.5, 0.6) is 5.75 Å². The first-order valence-electron chi connectivity index (χ1n) is 11.3. The molecule has 0 bridgehead atoms. The first-order valence-corrected chi connectivity index (χ1v) is 11.3. The fourth-order valence-electron chi connectivity index (χ4n) is 4.04. The highest BCUT2D eigenvalue weighted by atomic mass is 16.5. The third kappa shape index (κ3) is 6.12. The Hall–Kier alpha value is -3.36. The van der Waals surface area contributed by atoms with Gasteiger partial charge in [-0.05, 0) is 63.8 Å². The van der Waals surface area contributed by atoms with Crippen LogP contribution in [-0.4, -0.2) is 59.5 Å². The molecule has 0 radical (unpaired) electrons. The van der Waals surface area contributed by atoms with Crippen LogP contribution in [0.3, 0.4) is 0 Å². The fourth-order valence-corrected chi connectivity index (χ4v) is 4.04. The maximum atomic E-state index is 12.3. The van der Waals surface area contributed by atoms with Crippen molar-refractivity contribution in [2.24, 2.45) is 11.7 Å². The highest BCUT2D eigenvalue weighted by molar-refractivity contribution is 5.96. The van der Waals surface area contributed by atoms with Crippen molar-refractivity contribution >= 4 is 29.1 Å². The first kappa shape index (κ1) is 24.3. The summed E-state index contributed by atoms with van der Waals surface area (Å²) in [6, 6.07) is 7.51. The van der Waals surface area contributed by atoms with Gasteiger partial charge in [-0.15, -0.1) is 0 Å². The van der Waals surface area contributed by atoms with Crippen LogP contribution in [0, 0.1) is 5.92 Å². The van der Waals surface area contributed by atoms with Gasteiger partial charge < -0.3 is 25.6 Å². The molecule has 0 saturated carbocycles. The van der Waals surface area contributed by atoms with Crippen LogP contribution in [0.25, 0.3) is 0 Å². The lowest BCUT2D eigenvalue weighted by atomic mass is 9.87. The number of carbonyl (C=O) groups is 2. The van der Waals surface area contributed by atoms with Crippen LogP contribution in [0.1, 0.15) is 50.5 Å². The minimum absolute atomic E-state index is 0.0743. The minimum Gasteiger partial charge on any atom is -0.491 e. The number of primary amides is 1. The van der Waals surface area contributed by atoms with Crippen molar-refractivity contribution in [1.82, 2.24) is 14.9 Å². The van der Waals surface area contributed by atoms with E-state index in [9.17, 15) is 9.59 Å². The molecule has 3 N–H and O–H groups in total. The molecule has 2 atom stereocenters. The van der Waals surface area contributed by atoms with E-state index in [1.165, 1.54) is 0 Å². The third-order valence-corrected chi connectivity index (χ3v) is 5.86. The molecule has 1 aliphatic rings. The summed E-state index contributed by atoms with van der Waals surface area (Å²) in [6.45, 7) is 6.85. The standard InChI is InChI=1S/C24H34N6O3/c1-15(2)33-19-10-8-18(9-11-19)27-24-22(23(25)32)26-14-20(28-24)30-12-6-7-17(16(30)3)13-21(31)29(4)5/h8-11,14-17H,6-7,12-13H2,1-5H3,(H2,25,32)(H,27,28)/t16-,17+/m1/s1. The van der Waals surface area contributed by atoms with Crippen LogP contribution < -0.4 is 20.7 Å². The van der Waals surface area contributed by atoms with E-state index in [1.807, 2.05) is 38.1 Å². The molecular weight excluding hydrogens is 420 g/mol. The molecule has 2 amide bonds. The number of benzene rings is 1. The Labute approximate surface area is 195 Å². The number of rotatable bonds is 8. The van der Waals surface area contributed by atoms with Crippen molar-refractivity contribution < 1.29 is 14.3 Å². The van der Waals surface area contributed by atoms with Gasteiger partial charge in [-0.1, -0.05) is 0 Å². The second-order valence-corrected chi connectivity index (χ2v) is 8.93. The number of hydrogen-bond donors (Lipinski definition) is 2.